The molecule has 0 saturated heterocycles. The Bertz CT molecular complexity index is 1240. The van der Waals surface area contributed by atoms with Crippen LogP contribution in [-0.2, 0) is 14.3 Å². The molecule has 3 aromatic rings. The number of Topliss-reactive ketones (excluding diaryl/α,β-unsaturated/α-hetero) is 1. The number of carbonyl (C=O) groups is 3. The third-order valence-corrected chi connectivity index (χ3v) is 6.36. The average Bonchev–Trinajstić information content (AvgIpc) is 3.45. The molecule has 0 radical (unpaired) electrons. The van der Waals surface area contributed by atoms with Gasteiger partial charge >= 0.3 is 12.1 Å². The van der Waals surface area contributed by atoms with Gasteiger partial charge in [0.2, 0.25) is 0 Å². The molecule has 7 heteroatoms. The van der Waals surface area contributed by atoms with Gasteiger partial charge in [-0.25, -0.2) is 9.59 Å². The first-order valence-electron chi connectivity index (χ1n) is 11.0. The van der Waals surface area contributed by atoms with Crippen LogP contribution in [0, 0.1) is 11.8 Å². The molecule has 0 aliphatic heterocycles. The number of rotatable bonds is 7. The van der Waals surface area contributed by atoms with E-state index in [0.717, 1.165) is 11.3 Å². The number of hydrogen-bond donors (Lipinski definition) is 1. The van der Waals surface area contributed by atoms with Crippen LogP contribution < -0.4 is 5.32 Å². The van der Waals surface area contributed by atoms with Crippen LogP contribution in [0.2, 0.25) is 0 Å². The molecule has 1 aliphatic carbocycles. The van der Waals surface area contributed by atoms with E-state index in [4.69, 9.17) is 9.47 Å². The number of amides is 1. The molecule has 1 N–H and O–H groups in total. The molecule has 1 aromatic heterocycles. The highest BCUT2D eigenvalue weighted by Crippen LogP contribution is 2.44. The maximum absolute atomic E-state index is 12.2. The second-order valence-corrected chi connectivity index (χ2v) is 8.60. The molecule has 0 atom stereocenters. The molecule has 0 fully saturated rings. The highest BCUT2D eigenvalue weighted by Gasteiger charge is 2.28. The maximum Gasteiger partial charge on any atom is 0.407 e. The summed E-state index contributed by atoms with van der Waals surface area (Å²) in [7, 11) is 0. The number of benzene rings is 2. The molecule has 172 valence electrons. The first-order valence-corrected chi connectivity index (χ1v) is 11.8. The van der Waals surface area contributed by atoms with Gasteiger partial charge in [0.25, 0.3) is 5.78 Å². The minimum atomic E-state index is -0.865. The summed E-state index contributed by atoms with van der Waals surface area (Å²) in [5, 5.41) is 2.72. The number of alkyl carbamates (subject to hydrolysis) is 1. The molecule has 0 unspecified atom stereocenters. The van der Waals surface area contributed by atoms with Crippen LogP contribution in [0.15, 0.2) is 60.7 Å². The summed E-state index contributed by atoms with van der Waals surface area (Å²) in [4.78, 5) is 36.6. The van der Waals surface area contributed by atoms with E-state index in [0.29, 0.717) is 22.7 Å². The van der Waals surface area contributed by atoms with Crippen molar-refractivity contribution in [2.24, 2.45) is 0 Å². The normalized spacial score (nSPS) is 11.6. The van der Waals surface area contributed by atoms with E-state index >= 15 is 0 Å². The van der Waals surface area contributed by atoms with Gasteiger partial charge in [-0.1, -0.05) is 60.4 Å². The van der Waals surface area contributed by atoms with Crippen molar-refractivity contribution in [1.82, 2.24) is 5.32 Å². The fraction of sp³-hybridized carbons (Fsp3) is 0.222. The number of ketones is 1. The summed E-state index contributed by atoms with van der Waals surface area (Å²) < 4.78 is 10.2. The lowest BCUT2D eigenvalue weighted by Gasteiger charge is -2.14. The lowest BCUT2D eigenvalue weighted by Crippen LogP contribution is -2.26. The summed E-state index contributed by atoms with van der Waals surface area (Å²) in [6.07, 6.45) is -0.0643. The summed E-state index contributed by atoms with van der Waals surface area (Å²) in [5.41, 5.74) is 4.70. The van der Waals surface area contributed by atoms with Crippen molar-refractivity contribution in [1.29, 1.82) is 0 Å². The molecule has 1 heterocycles. The average molecular weight is 474 g/mol. The van der Waals surface area contributed by atoms with Crippen LogP contribution >= 0.6 is 11.3 Å². The van der Waals surface area contributed by atoms with Crippen molar-refractivity contribution in [3.05, 3.63) is 81.5 Å². The molecule has 0 spiro atoms. The zero-order chi connectivity index (χ0) is 23.9. The SMILES string of the molecule is CCOC(=O)C(=O)c1ccc(C#CCCNC(=O)OCC2c3ccccc3-c3ccccc32)s1. The summed E-state index contributed by atoms with van der Waals surface area (Å²) in [5.74, 6) is 4.37. The smallest absolute Gasteiger partial charge is 0.407 e. The zero-order valence-electron chi connectivity index (χ0n) is 18.6. The van der Waals surface area contributed by atoms with Gasteiger partial charge in [-0.15, -0.1) is 11.3 Å². The molecule has 1 aliphatic rings. The zero-order valence-corrected chi connectivity index (χ0v) is 19.4. The van der Waals surface area contributed by atoms with Crippen molar-refractivity contribution < 1.29 is 23.9 Å². The number of esters is 1. The van der Waals surface area contributed by atoms with Gasteiger partial charge in [0, 0.05) is 18.9 Å². The Hall–Kier alpha value is -3.89. The predicted octanol–water partition coefficient (Wildman–Crippen LogP) is 4.77. The van der Waals surface area contributed by atoms with Gasteiger partial charge in [-0.3, -0.25) is 4.79 Å². The highest BCUT2D eigenvalue weighted by molar-refractivity contribution is 7.15. The van der Waals surface area contributed by atoms with Crippen LogP contribution in [0.25, 0.3) is 11.1 Å². The number of fused-ring (bicyclic) bond motifs is 3. The molecule has 0 saturated carbocycles. The molecular formula is C27H23NO5S. The number of ether oxygens (including phenoxy) is 2. The molecule has 6 nitrogen and oxygen atoms in total. The summed E-state index contributed by atoms with van der Waals surface area (Å²) in [6.45, 7) is 2.40. The summed E-state index contributed by atoms with van der Waals surface area (Å²) in [6, 6.07) is 19.6. The maximum atomic E-state index is 12.2. The van der Waals surface area contributed by atoms with Crippen molar-refractivity contribution in [2.45, 2.75) is 19.3 Å². The van der Waals surface area contributed by atoms with E-state index in [1.165, 1.54) is 22.3 Å². The van der Waals surface area contributed by atoms with Gasteiger partial charge in [-0.2, -0.15) is 0 Å². The topological polar surface area (TPSA) is 81.7 Å². The molecule has 0 bridgehead atoms. The van der Waals surface area contributed by atoms with Crippen LogP contribution in [0.1, 0.15) is 44.9 Å². The number of carbonyl (C=O) groups excluding carboxylic acids is 3. The fourth-order valence-corrected chi connectivity index (χ4v) is 4.66. The number of nitrogens with one attached hydrogen (secondary N) is 1. The van der Waals surface area contributed by atoms with E-state index in [9.17, 15) is 14.4 Å². The van der Waals surface area contributed by atoms with E-state index in [-0.39, 0.29) is 19.1 Å². The first kappa shape index (κ1) is 23.3. The van der Waals surface area contributed by atoms with Crippen LogP contribution in [0.5, 0.6) is 0 Å². The largest absolute Gasteiger partial charge is 0.460 e. The van der Waals surface area contributed by atoms with Gasteiger partial charge in [0.05, 0.1) is 16.4 Å². The second-order valence-electron chi connectivity index (χ2n) is 7.52. The van der Waals surface area contributed by atoms with Gasteiger partial charge < -0.3 is 14.8 Å². The lowest BCUT2D eigenvalue weighted by atomic mass is 9.98. The van der Waals surface area contributed by atoms with E-state index in [1.54, 1.807) is 19.1 Å². The standard InChI is InChI=1S/C27H23NO5S/c1-2-32-26(30)25(29)24-15-14-18(34-24)9-7-8-16-28-27(31)33-17-23-21-12-5-3-10-19(21)20-11-4-6-13-22(20)23/h3-6,10-15,23H,2,8,16-17H2,1H3,(H,28,31). The quantitative estimate of drug-likeness (QED) is 0.176. The number of hydrogen-bond acceptors (Lipinski definition) is 6. The molecule has 1 amide bonds. The third-order valence-electron chi connectivity index (χ3n) is 5.37. The van der Waals surface area contributed by atoms with Crippen molar-refractivity contribution in [2.75, 3.05) is 19.8 Å². The first-order chi connectivity index (χ1) is 16.6. The molecule has 34 heavy (non-hydrogen) atoms. The number of thiophene rings is 1. The van der Waals surface area contributed by atoms with Gasteiger partial charge in [-0.05, 0) is 41.3 Å². The van der Waals surface area contributed by atoms with Gasteiger partial charge in [0.15, 0.2) is 0 Å². The Kier molecular flexibility index (Phi) is 7.41. The fourth-order valence-electron chi connectivity index (χ4n) is 3.85. The Morgan fingerprint density at radius 3 is 2.29 bits per heavy atom. The Morgan fingerprint density at radius 2 is 1.62 bits per heavy atom. The third kappa shape index (κ3) is 5.19. The Balaban J connectivity index is 1.24. The van der Waals surface area contributed by atoms with E-state index < -0.39 is 17.8 Å². The van der Waals surface area contributed by atoms with Crippen LogP contribution in [0.3, 0.4) is 0 Å². The van der Waals surface area contributed by atoms with Crippen LogP contribution in [-0.4, -0.2) is 37.6 Å². The predicted molar refractivity (Wildman–Crippen MR) is 130 cm³/mol. The molecule has 4 rings (SSSR count). The molecule has 2 aromatic carbocycles. The lowest BCUT2D eigenvalue weighted by molar-refractivity contribution is -0.137. The minimum absolute atomic E-state index is 0.0169. The highest BCUT2D eigenvalue weighted by atomic mass is 32.1. The van der Waals surface area contributed by atoms with Crippen molar-refractivity contribution in [3.63, 3.8) is 0 Å². The van der Waals surface area contributed by atoms with Crippen molar-refractivity contribution >= 4 is 29.2 Å². The van der Waals surface area contributed by atoms with E-state index in [1.807, 2.05) is 24.3 Å². The van der Waals surface area contributed by atoms with Gasteiger partial charge in [0.1, 0.15) is 6.61 Å². The second kappa shape index (κ2) is 10.8. The Labute approximate surface area is 201 Å². The molecular weight excluding hydrogens is 450 g/mol. The minimum Gasteiger partial charge on any atom is -0.460 e. The Morgan fingerprint density at radius 1 is 0.941 bits per heavy atom. The summed E-state index contributed by atoms with van der Waals surface area (Å²) >= 11 is 1.13. The monoisotopic (exact) mass is 473 g/mol. The van der Waals surface area contributed by atoms with Crippen molar-refractivity contribution in [3.8, 4) is 23.0 Å². The van der Waals surface area contributed by atoms with E-state index in [2.05, 4.69) is 41.4 Å². The van der Waals surface area contributed by atoms with Crippen LogP contribution in [0.4, 0.5) is 4.79 Å².